The monoisotopic (exact) mass is 443 g/mol. The number of anilines is 1. The van der Waals surface area contributed by atoms with Crippen LogP contribution in [0.15, 0.2) is 55.0 Å². The molecule has 2 aliphatic heterocycles. The van der Waals surface area contributed by atoms with E-state index in [1.54, 1.807) is 24.7 Å². The minimum atomic E-state index is -0.328. The Morgan fingerprint density at radius 2 is 1.91 bits per heavy atom. The number of halogens is 1. The van der Waals surface area contributed by atoms with E-state index in [0.29, 0.717) is 41.3 Å². The zero-order chi connectivity index (χ0) is 22.5. The first kappa shape index (κ1) is 19.8. The third kappa shape index (κ3) is 3.40. The summed E-state index contributed by atoms with van der Waals surface area (Å²) in [4.78, 5) is 28.2. The molecule has 0 N–H and O–H groups in total. The third-order valence-electron chi connectivity index (χ3n) is 6.64. The number of carbonyl (C=O) groups excluding carboxylic acids is 1. The molecule has 2 saturated heterocycles. The topological polar surface area (TPSA) is 80.0 Å². The molecule has 2 aliphatic rings. The van der Waals surface area contributed by atoms with Crippen LogP contribution in [-0.4, -0.2) is 61.4 Å². The summed E-state index contributed by atoms with van der Waals surface area (Å²) in [6.45, 7) is 4.15. The molecule has 8 nitrogen and oxygen atoms in total. The van der Waals surface area contributed by atoms with Crippen molar-refractivity contribution in [3.8, 4) is 5.69 Å². The van der Waals surface area contributed by atoms with Gasteiger partial charge in [-0.25, -0.2) is 9.37 Å². The minimum Gasteiger partial charge on any atom is -0.350 e. The van der Waals surface area contributed by atoms with Crippen LogP contribution in [0.25, 0.3) is 16.7 Å². The predicted octanol–water partition coefficient (Wildman–Crippen LogP) is 3.01. The molecule has 0 bridgehead atoms. The van der Waals surface area contributed by atoms with Crippen molar-refractivity contribution < 1.29 is 9.18 Å². The second-order valence-corrected chi connectivity index (χ2v) is 8.72. The van der Waals surface area contributed by atoms with Crippen LogP contribution in [0.3, 0.4) is 0 Å². The van der Waals surface area contributed by atoms with Crippen LogP contribution in [0.5, 0.6) is 0 Å². The Hall–Kier alpha value is -3.88. The molecule has 0 radical (unpaired) electrons. The number of fused-ring (bicyclic) bond motifs is 2. The highest BCUT2D eigenvalue weighted by Gasteiger charge is 2.44. The summed E-state index contributed by atoms with van der Waals surface area (Å²) < 4.78 is 13.7. The number of aromatic nitrogens is 5. The van der Waals surface area contributed by atoms with E-state index in [9.17, 15) is 9.18 Å². The van der Waals surface area contributed by atoms with E-state index in [0.717, 1.165) is 24.3 Å². The minimum absolute atomic E-state index is 0.0250. The second kappa shape index (κ2) is 7.61. The van der Waals surface area contributed by atoms with E-state index >= 15 is 0 Å². The maximum Gasteiger partial charge on any atom is 0.256 e. The molecule has 2 atom stereocenters. The van der Waals surface area contributed by atoms with Crippen LogP contribution < -0.4 is 4.90 Å². The molecular weight excluding hydrogens is 421 g/mol. The Morgan fingerprint density at radius 1 is 1.06 bits per heavy atom. The number of carbonyl (C=O) groups is 1. The Morgan fingerprint density at radius 3 is 2.76 bits per heavy atom. The largest absolute Gasteiger partial charge is 0.350 e. The van der Waals surface area contributed by atoms with E-state index in [1.807, 2.05) is 30.0 Å². The number of nitrogens with zero attached hydrogens (tertiary/aromatic N) is 7. The quantitative estimate of drug-likeness (QED) is 0.484. The molecule has 2 fully saturated rings. The molecule has 0 unspecified atom stereocenters. The van der Waals surface area contributed by atoms with E-state index in [2.05, 4.69) is 25.1 Å². The van der Waals surface area contributed by atoms with Crippen LogP contribution in [0.4, 0.5) is 10.2 Å². The van der Waals surface area contributed by atoms with Crippen molar-refractivity contribution in [1.82, 2.24) is 29.9 Å². The highest BCUT2D eigenvalue weighted by Crippen LogP contribution is 2.36. The molecule has 0 spiro atoms. The second-order valence-electron chi connectivity index (χ2n) is 8.72. The van der Waals surface area contributed by atoms with Crippen molar-refractivity contribution in [3.63, 3.8) is 0 Å². The summed E-state index contributed by atoms with van der Waals surface area (Å²) in [6.07, 6.45) is 5.87. The van der Waals surface area contributed by atoms with Gasteiger partial charge in [0.2, 0.25) is 0 Å². The van der Waals surface area contributed by atoms with Gasteiger partial charge in [-0.05, 0) is 37.6 Å². The molecular formula is C24H22FN7O. The van der Waals surface area contributed by atoms with Gasteiger partial charge in [-0.2, -0.15) is 15.0 Å². The van der Waals surface area contributed by atoms with Crippen LogP contribution in [0, 0.1) is 18.7 Å². The molecule has 0 saturated carbocycles. The van der Waals surface area contributed by atoms with Crippen molar-refractivity contribution in [3.05, 3.63) is 71.9 Å². The Balaban J connectivity index is 1.26. The van der Waals surface area contributed by atoms with Crippen molar-refractivity contribution in [2.75, 3.05) is 24.5 Å². The van der Waals surface area contributed by atoms with Gasteiger partial charge in [0.05, 0.1) is 46.9 Å². The van der Waals surface area contributed by atoms with Crippen LogP contribution >= 0.6 is 0 Å². The van der Waals surface area contributed by atoms with Crippen molar-refractivity contribution in [1.29, 1.82) is 0 Å². The number of amides is 1. The molecule has 166 valence electrons. The first-order chi connectivity index (χ1) is 16.1. The molecule has 2 aromatic carbocycles. The Labute approximate surface area is 189 Å². The van der Waals surface area contributed by atoms with Crippen molar-refractivity contribution >= 4 is 22.8 Å². The van der Waals surface area contributed by atoms with Gasteiger partial charge in [0.25, 0.3) is 5.91 Å². The van der Waals surface area contributed by atoms with E-state index in [-0.39, 0.29) is 17.8 Å². The first-order valence-corrected chi connectivity index (χ1v) is 11.0. The summed E-state index contributed by atoms with van der Waals surface area (Å²) in [5.74, 6) is 0.873. The fraction of sp³-hybridized carbons (Fsp3) is 0.292. The molecule has 33 heavy (non-hydrogen) atoms. The van der Waals surface area contributed by atoms with Gasteiger partial charge in [-0.1, -0.05) is 11.6 Å². The van der Waals surface area contributed by atoms with Gasteiger partial charge >= 0.3 is 0 Å². The number of likely N-dealkylation sites (tertiary alicyclic amines) is 1. The van der Waals surface area contributed by atoms with Crippen LogP contribution in [-0.2, 0) is 0 Å². The molecule has 0 aliphatic carbocycles. The zero-order valence-electron chi connectivity index (χ0n) is 18.1. The lowest BCUT2D eigenvalue weighted by Gasteiger charge is -2.53. The van der Waals surface area contributed by atoms with E-state index in [4.69, 9.17) is 0 Å². The maximum atomic E-state index is 13.7. The Bertz CT molecular complexity index is 1360. The maximum absolute atomic E-state index is 13.7. The molecule has 2 aromatic heterocycles. The highest BCUT2D eigenvalue weighted by molar-refractivity contribution is 5.98. The smallest absolute Gasteiger partial charge is 0.256 e. The van der Waals surface area contributed by atoms with Gasteiger partial charge in [-0.3, -0.25) is 9.78 Å². The normalized spacial score (nSPS) is 19.9. The van der Waals surface area contributed by atoms with E-state index in [1.165, 1.54) is 16.9 Å². The first-order valence-electron chi connectivity index (χ1n) is 11.0. The fourth-order valence-corrected chi connectivity index (χ4v) is 4.86. The average molecular weight is 443 g/mol. The predicted molar refractivity (Wildman–Crippen MR) is 121 cm³/mol. The molecule has 4 heterocycles. The fourth-order valence-electron chi connectivity index (χ4n) is 4.86. The SMILES string of the molecule is Cc1ccc(-n2nccn2)c(C(=O)N2CC[C@H]3CN(c4cnc5ccc(F)cc5n4)[C@H]3C2)c1. The number of hydrogen-bond donors (Lipinski definition) is 0. The number of benzene rings is 2. The molecule has 9 heteroatoms. The lowest BCUT2D eigenvalue weighted by molar-refractivity contribution is 0.0590. The summed E-state index contributed by atoms with van der Waals surface area (Å²) in [6, 6.07) is 10.3. The Kier molecular flexibility index (Phi) is 4.56. The van der Waals surface area contributed by atoms with Gasteiger partial charge in [0.15, 0.2) is 0 Å². The molecule has 1 amide bonds. The van der Waals surface area contributed by atoms with Gasteiger partial charge in [0.1, 0.15) is 11.6 Å². The van der Waals surface area contributed by atoms with Crippen LogP contribution in [0.1, 0.15) is 22.3 Å². The molecule has 4 aromatic rings. The third-order valence-corrected chi connectivity index (χ3v) is 6.64. The summed E-state index contributed by atoms with van der Waals surface area (Å²) >= 11 is 0. The number of piperidine rings is 1. The van der Waals surface area contributed by atoms with Crippen LogP contribution in [0.2, 0.25) is 0 Å². The lowest BCUT2D eigenvalue weighted by atomic mass is 9.82. The van der Waals surface area contributed by atoms with E-state index < -0.39 is 0 Å². The standard InChI is InChI=1S/C24H22FN7O/c1-15-2-5-21(32-27-7-8-28-32)18(10-15)24(33)30-9-6-16-13-31(22(16)14-30)23-12-26-19-4-3-17(25)11-20(19)29-23/h2-5,7-8,10-12,16,22H,6,9,13-14H2,1H3/t16-,22-/m0/s1. The van der Waals surface area contributed by atoms with Crippen molar-refractivity contribution in [2.45, 2.75) is 19.4 Å². The molecule has 6 rings (SSSR count). The zero-order valence-corrected chi connectivity index (χ0v) is 18.1. The average Bonchev–Trinajstić information content (AvgIpc) is 3.34. The van der Waals surface area contributed by atoms with Gasteiger partial charge in [-0.15, -0.1) is 0 Å². The number of rotatable bonds is 3. The summed E-state index contributed by atoms with van der Waals surface area (Å²) in [7, 11) is 0. The highest BCUT2D eigenvalue weighted by atomic mass is 19.1. The van der Waals surface area contributed by atoms with Gasteiger partial charge < -0.3 is 9.80 Å². The lowest BCUT2D eigenvalue weighted by Crippen LogP contribution is -2.65. The van der Waals surface area contributed by atoms with Crippen molar-refractivity contribution in [2.24, 2.45) is 5.92 Å². The summed E-state index contributed by atoms with van der Waals surface area (Å²) in [5.41, 5.74) is 3.47. The van der Waals surface area contributed by atoms with Gasteiger partial charge in [0, 0.05) is 31.6 Å². The number of aryl methyl sites for hydroxylation is 1. The summed E-state index contributed by atoms with van der Waals surface area (Å²) in [5, 5.41) is 8.42. The number of hydrogen-bond acceptors (Lipinski definition) is 6.